The predicted molar refractivity (Wildman–Crippen MR) is 108 cm³/mol. The van der Waals surface area contributed by atoms with E-state index in [4.69, 9.17) is 10.5 Å². The number of ether oxygens (including phenoxy) is 1. The average Bonchev–Trinajstić information content (AvgIpc) is 2.73. The molecule has 28 heavy (non-hydrogen) atoms. The van der Waals surface area contributed by atoms with Gasteiger partial charge in [0.25, 0.3) is 5.91 Å². The van der Waals surface area contributed by atoms with Crippen LogP contribution < -0.4 is 15.8 Å². The summed E-state index contributed by atoms with van der Waals surface area (Å²) in [5.74, 6) is -0.222. The van der Waals surface area contributed by atoms with Crippen molar-refractivity contribution < 1.29 is 14.3 Å². The Balaban J connectivity index is 1.64. The molecule has 0 aliphatic heterocycles. The summed E-state index contributed by atoms with van der Waals surface area (Å²) in [7, 11) is 0. The molecule has 3 rings (SSSR count). The van der Waals surface area contributed by atoms with Gasteiger partial charge in [-0.25, -0.2) is 0 Å². The third kappa shape index (κ3) is 5.45. The van der Waals surface area contributed by atoms with E-state index in [0.717, 1.165) is 11.1 Å². The Hall–Kier alpha value is -3.60. The van der Waals surface area contributed by atoms with E-state index in [1.54, 1.807) is 24.3 Å². The Morgan fingerprint density at radius 1 is 0.857 bits per heavy atom. The first-order chi connectivity index (χ1) is 13.6. The van der Waals surface area contributed by atoms with E-state index < -0.39 is 11.9 Å². The molecular formula is C23H22N2O3. The fourth-order valence-corrected chi connectivity index (χ4v) is 2.79. The monoisotopic (exact) mass is 374 g/mol. The molecule has 0 fully saturated rings. The van der Waals surface area contributed by atoms with Crippen LogP contribution in [0, 0.1) is 0 Å². The Morgan fingerprint density at radius 2 is 1.50 bits per heavy atom. The maximum absolute atomic E-state index is 12.3. The van der Waals surface area contributed by atoms with Crippen LogP contribution in [0.5, 0.6) is 5.75 Å². The molecule has 0 heterocycles. The molecule has 5 nitrogen and oxygen atoms in total. The van der Waals surface area contributed by atoms with Crippen molar-refractivity contribution in [2.24, 2.45) is 5.73 Å². The number of hydrogen-bond donors (Lipinski definition) is 2. The number of carbonyl (C=O) groups excluding carboxylic acids is 2. The Labute approximate surface area is 164 Å². The van der Waals surface area contributed by atoms with Crippen molar-refractivity contribution in [3.63, 3.8) is 0 Å². The first-order valence-electron chi connectivity index (χ1n) is 9.03. The first kappa shape index (κ1) is 19.2. The zero-order valence-corrected chi connectivity index (χ0v) is 15.4. The van der Waals surface area contributed by atoms with Gasteiger partial charge in [-0.05, 0) is 35.4 Å². The molecule has 5 heteroatoms. The number of primary amides is 1. The second-order valence-electron chi connectivity index (χ2n) is 6.42. The zero-order chi connectivity index (χ0) is 19.8. The second-order valence-corrected chi connectivity index (χ2v) is 6.42. The highest BCUT2D eigenvalue weighted by atomic mass is 16.5. The molecule has 1 atom stereocenters. The predicted octanol–water partition coefficient (Wildman–Crippen LogP) is 3.09. The molecule has 3 aromatic rings. The van der Waals surface area contributed by atoms with Gasteiger partial charge in [-0.3, -0.25) is 9.59 Å². The van der Waals surface area contributed by atoms with Crippen LogP contribution >= 0.6 is 0 Å². The number of amides is 2. The lowest BCUT2D eigenvalue weighted by atomic mass is 10.0. The van der Waals surface area contributed by atoms with Crippen LogP contribution in [-0.2, 0) is 17.8 Å². The number of nitrogens with two attached hydrogens (primary N) is 1. The van der Waals surface area contributed by atoms with E-state index in [-0.39, 0.29) is 12.3 Å². The van der Waals surface area contributed by atoms with Gasteiger partial charge in [0, 0.05) is 12.0 Å². The van der Waals surface area contributed by atoms with E-state index in [2.05, 4.69) is 5.32 Å². The van der Waals surface area contributed by atoms with E-state index in [0.29, 0.717) is 17.9 Å². The Bertz CT molecular complexity index is 927. The van der Waals surface area contributed by atoms with E-state index in [9.17, 15) is 9.59 Å². The lowest BCUT2D eigenvalue weighted by Crippen LogP contribution is -2.45. The minimum absolute atomic E-state index is 0.288. The van der Waals surface area contributed by atoms with Crippen LogP contribution in [0.2, 0.25) is 0 Å². The number of benzene rings is 3. The molecule has 2 amide bonds. The van der Waals surface area contributed by atoms with Crippen LogP contribution in [0.25, 0.3) is 0 Å². The van der Waals surface area contributed by atoms with Gasteiger partial charge in [0.05, 0.1) is 0 Å². The van der Waals surface area contributed by atoms with Crippen molar-refractivity contribution in [2.45, 2.75) is 19.1 Å². The van der Waals surface area contributed by atoms with Gasteiger partial charge in [0.2, 0.25) is 5.91 Å². The molecule has 0 radical (unpaired) electrons. The number of carbonyl (C=O) groups is 2. The second kappa shape index (κ2) is 9.37. The first-order valence-corrected chi connectivity index (χ1v) is 9.03. The fourth-order valence-electron chi connectivity index (χ4n) is 2.79. The summed E-state index contributed by atoms with van der Waals surface area (Å²) in [5, 5.41) is 2.70. The van der Waals surface area contributed by atoms with Gasteiger partial charge >= 0.3 is 0 Å². The topological polar surface area (TPSA) is 81.4 Å². The Morgan fingerprint density at radius 3 is 2.18 bits per heavy atom. The average molecular weight is 374 g/mol. The van der Waals surface area contributed by atoms with Gasteiger partial charge in [-0.1, -0.05) is 60.7 Å². The molecule has 142 valence electrons. The van der Waals surface area contributed by atoms with Gasteiger partial charge < -0.3 is 15.8 Å². The molecule has 3 N–H and O–H groups in total. The number of nitrogens with one attached hydrogen (secondary N) is 1. The number of rotatable bonds is 8. The van der Waals surface area contributed by atoms with Gasteiger partial charge in [0.1, 0.15) is 18.4 Å². The molecule has 0 unspecified atom stereocenters. The van der Waals surface area contributed by atoms with Crippen LogP contribution in [-0.4, -0.2) is 17.9 Å². The maximum Gasteiger partial charge on any atom is 0.251 e. The molecule has 0 saturated carbocycles. The molecule has 0 aliphatic carbocycles. The van der Waals surface area contributed by atoms with Crippen molar-refractivity contribution in [1.82, 2.24) is 5.32 Å². The molecule has 0 bridgehead atoms. The highest BCUT2D eigenvalue weighted by molar-refractivity contribution is 5.97. The summed E-state index contributed by atoms with van der Waals surface area (Å²) in [5.41, 5.74) is 7.90. The highest BCUT2D eigenvalue weighted by Gasteiger charge is 2.19. The van der Waals surface area contributed by atoms with Crippen molar-refractivity contribution >= 4 is 11.8 Å². The van der Waals surface area contributed by atoms with Crippen molar-refractivity contribution in [2.75, 3.05) is 0 Å². The van der Waals surface area contributed by atoms with Crippen molar-refractivity contribution in [1.29, 1.82) is 0 Å². The molecule has 3 aromatic carbocycles. The quantitative estimate of drug-likeness (QED) is 0.636. The summed E-state index contributed by atoms with van der Waals surface area (Å²) >= 11 is 0. The lowest BCUT2D eigenvalue weighted by molar-refractivity contribution is -0.119. The summed E-state index contributed by atoms with van der Waals surface area (Å²) in [6.45, 7) is 0.453. The standard InChI is InChI=1S/C23H22N2O3/c24-22(26)21(25-23(27)19-11-5-2-6-12-19)15-18-10-7-13-20(14-18)28-16-17-8-3-1-4-9-17/h1-14,21H,15-16H2,(H2,24,26)(H,25,27)/t21-/m1/s1. The van der Waals surface area contributed by atoms with Crippen LogP contribution in [0.3, 0.4) is 0 Å². The van der Waals surface area contributed by atoms with Gasteiger partial charge in [-0.15, -0.1) is 0 Å². The van der Waals surface area contributed by atoms with E-state index in [1.165, 1.54) is 0 Å². The van der Waals surface area contributed by atoms with E-state index in [1.807, 2.05) is 60.7 Å². The minimum Gasteiger partial charge on any atom is -0.489 e. The number of hydrogen-bond acceptors (Lipinski definition) is 3. The summed E-state index contributed by atoms with van der Waals surface area (Å²) < 4.78 is 5.82. The molecule has 0 spiro atoms. The minimum atomic E-state index is -0.808. The fraction of sp³-hybridized carbons (Fsp3) is 0.130. The summed E-state index contributed by atoms with van der Waals surface area (Å²) in [4.78, 5) is 24.2. The zero-order valence-electron chi connectivity index (χ0n) is 15.4. The van der Waals surface area contributed by atoms with E-state index >= 15 is 0 Å². The normalized spacial score (nSPS) is 11.4. The summed E-state index contributed by atoms with van der Waals surface area (Å²) in [6.07, 6.45) is 0.288. The third-order valence-electron chi connectivity index (χ3n) is 4.27. The third-order valence-corrected chi connectivity index (χ3v) is 4.27. The van der Waals surface area contributed by atoms with Crippen molar-refractivity contribution in [3.05, 3.63) is 102 Å². The van der Waals surface area contributed by atoms with Gasteiger partial charge in [-0.2, -0.15) is 0 Å². The maximum atomic E-state index is 12.3. The molecule has 0 aromatic heterocycles. The van der Waals surface area contributed by atoms with Crippen molar-refractivity contribution in [3.8, 4) is 5.75 Å². The van der Waals surface area contributed by atoms with Gasteiger partial charge in [0.15, 0.2) is 0 Å². The largest absolute Gasteiger partial charge is 0.489 e. The molecule has 0 aliphatic rings. The lowest BCUT2D eigenvalue weighted by Gasteiger charge is -2.16. The smallest absolute Gasteiger partial charge is 0.251 e. The summed E-state index contributed by atoms with van der Waals surface area (Å²) in [6, 6.07) is 25.2. The SMILES string of the molecule is NC(=O)[C@@H](Cc1cccc(OCc2ccccc2)c1)NC(=O)c1ccccc1. The molecule has 0 saturated heterocycles. The molecular weight excluding hydrogens is 352 g/mol. The van der Waals surface area contributed by atoms with Crippen LogP contribution in [0.1, 0.15) is 21.5 Å². The van der Waals surface area contributed by atoms with Crippen LogP contribution in [0.4, 0.5) is 0 Å². The highest BCUT2D eigenvalue weighted by Crippen LogP contribution is 2.17. The van der Waals surface area contributed by atoms with Crippen LogP contribution in [0.15, 0.2) is 84.9 Å². The Kier molecular flexibility index (Phi) is 6.41.